The molecular formula is C20H28N6O2. The van der Waals surface area contributed by atoms with Gasteiger partial charge >= 0.3 is 0 Å². The maximum Gasteiger partial charge on any atom is 0.271 e. The maximum absolute atomic E-state index is 12.0. The van der Waals surface area contributed by atoms with Crippen molar-refractivity contribution in [2.45, 2.75) is 39.7 Å². The van der Waals surface area contributed by atoms with Crippen molar-refractivity contribution < 1.29 is 9.59 Å². The normalized spacial score (nSPS) is 10.6. The van der Waals surface area contributed by atoms with E-state index in [0.717, 1.165) is 22.8 Å². The minimum Gasteiger partial charge on any atom is -0.364 e. The lowest BCUT2D eigenvalue weighted by Gasteiger charge is -2.25. The predicted octanol–water partition coefficient (Wildman–Crippen LogP) is 2.01. The molecular weight excluding hydrogens is 356 g/mol. The standard InChI is InChI=1S/C20H28N6O2/c1-5-16-20(26(4)13(2)3)25-19(17(24-16)18(21)28)23-15-8-6-7-14(11-15)9-10-22-12-27/h6-8,11-13H,5,9-10H2,1-4H3,(H2,21,28)(H,22,27)(H,23,25). The summed E-state index contributed by atoms with van der Waals surface area (Å²) in [5, 5.41) is 5.82. The maximum atomic E-state index is 12.0. The Morgan fingerprint density at radius 3 is 2.68 bits per heavy atom. The number of primary amides is 1. The van der Waals surface area contributed by atoms with Gasteiger partial charge in [0.25, 0.3) is 5.91 Å². The van der Waals surface area contributed by atoms with Gasteiger partial charge in [-0.05, 0) is 44.4 Å². The number of aryl methyl sites for hydroxylation is 1. The average molecular weight is 384 g/mol. The van der Waals surface area contributed by atoms with Crippen molar-refractivity contribution in [3.8, 4) is 0 Å². The van der Waals surface area contributed by atoms with Crippen molar-refractivity contribution >= 4 is 29.6 Å². The number of carbonyl (C=O) groups excluding carboxylic acids is 2. The number of benzene rings is 1. The lowest BCUT2D eigenvalue weighted by atomic mass is 10.1. The molecule has 0 aliphatic rings. The van der Waals surface area contributed by atoms with Crippen LogP contribution < -0.4 is 21.3 Å². The molecule has 0 radical (unpaired) electrons. The van der Waals surface area contributed by atoms with Gasteiger partial charge in [0.1, 0.15) is 0 Å². The zero-order valence-corrected chi connectivity index (χ0v) is 16.8. The van der Waals surface area contributed by atoms with Crippen LogP contribution in [0.1, 0.15) is 42.5 Å². The smallest absolute Gasteiger partial charge is 0.271 e. The number of nitrogens with zero attached hydrogens (tertiary/aromatic N) is 3. The average Bonchev–Trinajstić information content (AvgIpc) is 2.67. The number of anilines is 3. The van der Waals surface area contributed by atoms with Gasteiger partial charge in [-0.2, -0.15) is 0 Å². The van der Waals surface area contributed by atoms with Gasteiger partial charge < -0.3 is 21.3 Å². The molecule has 0 aliphatic heterocycles. The highest BCUT2D eigenvalue weighted by Gasteiger charge is 2.20. The molecule has 8 nitrogen and oxygen atoms in total. The molecule has 0 spiro atoms. The Labute approximate surface area is 165 Å². The van der Waals surface area contributed by atoms with E-state index in [1.807, 2.05) is 43.1 Å². The zero-order valence-electron chi connectivity index (χ0n) is 16.8. The number of rotatable bonds is 10. The van der Waals surface area contributed by atoms with Crippen molar-refractivity contribution in [1.29, 1.82) is 0 Å². The molecule has 0 fully saturated rings. The molecule has 1 aromatic heterocycles. The van der Waals surface area contributed by atoms with Gasteiger partial charge in [-0.1, -0.05) is 19.1 Å². The van der Waals surface area contributed by atoms with E-state index in [4.69, 9.17) is 5.73 Å². The predicted molar refractivity (Wildman–Crippen MR) is 111 cm³/mol. The van der Waals surface area contributed by atoms with E-state index in [2.05, 4.69) is 34.4 Å². The van der Waals surface area contributed by atoms with Crippen molar-refractivity contribution in [3.63, 3.8) is 0 Å². The van der Waals surface area contributed by atoms with Gasteiger partial charge in [0.05, 0.1) is 5.69 Å². The molecule has 0 saturated carbocycles. The molecule has 150 valence electrons. The summed E-state index contributed by atoms with van der Waals surface area (Å²) < 4.78 is 0. The first-order valence-corrected chi connectivity index (χ1v) is 9.33. The molecule has 0 bridgehead atoms. The number of aromatic nitrogens is 2. The van der Waals surface area contributed by atoms with Crippen molar-refractivity contribution in [2.75, 3.05) is 23.8 Å². The highest BCUT2D eigenvalue weighted by Crippen LogP contribution is 2.25. The van der Waals surface area contributed by atoms with Crippen LogP contribution in [-0.4, -0.2) is 41.9 Å². The van der Waals surface area contributed by atoms with Crippen LogP contribution in [-0.2, 0) is 17.6 Å². The summed E-state index contributed by atoms with van der Waals surface area (Å²) in [6, 6.07) is 7.91. The van der Waals surface area contributed by atoms with Crippen LogP contribution in [0.3, 0.4) is 0 Å². The SMILES string of the molecule is CCc1nc(C(N)=O)c(Nc2cccc(CCNC=O)c2)nc1N(C)C(C)C. The number of nitrogens with one attached hydrogen (secondary N) is 2. The molecule has 28 heavy (non-hydrogen) atoms. The molecule has 1 heterocycles. The van der Waals surface area contributed by atoms with E-state index in [0.29, 0.717) is 31.6 Å². The first kappa shape index (κ1) is 21.1. The van der Waals surface area contributed by atoms with Crippen molar-refractivity contribution in [3.05, 3.63) is 41.2 Å². The van der Waals surface area contributed by atoms with Crippen LogP contribution in [0.2, 0.25) is 0 Å². The largest absolute Gasteiger partial charge is 0.364 e. The van der Waals surface area contributed by atoms with E-state index in [9.17, 15) is 9.59 Å². The number of hydrogen-bond acceptors (Lipinski definition) is 6. The summed E-state index contributed by atoms with van der Waals surface area (Å²) in [6.45, 7) is 6.64. The monoisotopic (exact) mass is 384 g/mol. The van der Waals surface area contributed by atoms with Gasteiger partial charge in [-0.3, -0.25) is 9.59 Å². The zero-order chi connectivity index (χ0) is 20.7. The number of nitrogens with two attached hydrogens (primary N) is 1. The Hall–Kier alpha value is -3.16. The van der Waals surface area contributed by atoms with Gasteiger partial charge in [0.15, 0.2) is 17.3 Å². The van der Waals surface area contributed by atoms with Crippen LogP contribution >= 0.6 is 0 Å². The van der Waals surface area contributed by atoms with E-state index in [-0.39, 0.29) is 11.7 Å². The summed E-state index contributed by atoms with van der Waals surface area (Å²) in [5.74, 6) is 0.418. The summed E-state index contributed by atoms with van der Waals surface area (Å²) in [7, 11) is 1.95. The number of amides is 2. The van der Waals surface area contributed by atoms with Crippen molar-refractivity contribution in [1.82, 2.24) is 15.3 Å². The minimum absolute atomic E-state index is 0.116. The van der Waals surface area contributed by atoms with Crippen LogP contribution in [0.5, 0.6) is 0 Å². The third-order valence-electron chi connectivity index (χ3n) is 4.45. The van der Waals surface area contributed by atoms with Gasteiger partial charge in [-0.25, -0.2) is 9.97 Å². The van der Waals surface area contributed by atoms with Gasteiger partial charge in [0.2, 0.25) is 6.41 Å². The Kier molecular flexibility index (Phi) is 7.31. The van der Waals surface area contributed by atoms with Gasteiger partial charge in [0, 0.05) is 25.3 Å². The third-order valence-corrected chi connectivity index (χ3v) is 4.45. The molecule has 2 rings (SSSR count). The molecule has 2 amide bonds. The van der Waals surface area contributed by atoms with E-state index in [1.54, 1.807) is 0 Å². The van der Waals surface area contributed by atoms with Crippen LogP contribution in [0.4, 0.5) is 17.3 Å². The molecule has 1 aromatic carbocycles. The molecule has 8 heteroatoms. The van der Waals surface area contributed by atoms with Crippen LogP contribution in [0.25, 0.3) is 0 Å². The van der Waals surface area contributed by atoms with E-state index in [1.165, 1.54) is 0 Å². The highest BCUT2D eigenvalue weighted by atomic mass is 16.1. The lowest BCUT2D eigenvalue weighted by molar-refractivity contribution is -0.109. The summed E-state index contributed by atoms with van der Waals surface area (Å²) in [6.07, 6.45) is 2.01. The van der Waals surface area contributed by atoms with E-state index < -0.39 is 5.91 Å². The first-order valence-electron chi connectivity index (χ1n) is 9.33. The van der Waals surface area contributed by atoms with Crippen LogP contribution in [0, 0.1) is 0 Å². The second-order valence-corrected chi connectivity index (χ2v) is 6.76. The summed E-state index contributed by atoms with van der Waals surface area (Å²) in [4.78, 5) is 33.5. The first-order chi connectivity index (χ1) is 13.4. The molecule has 4 N–H and O–H groups in total. The summed E-state index contributed by atoms with van der Waals surface area (Å²) in [5.41, 5.74) is 8.20. The fourth-order valence-corrected chi connectivity index (χ4v) is 2.70. The fourth-order valence-electron chi connectivity index (χ4n) is 2.70. The van der Waals surface area contributed by atoms with Gasteiger partial charge in [-0.15, -0.1) is 0 Å². The minimum atomic E-state index is -0.630. The summed E-state index contributed by atoms with van der Waals surface area (Å²) >= 11 is 0. The molecule has 0 aliphatic carbocycles. The molecule has 0 saturated heterocycles. The van der Waals surface area contributed by atoms with Crippen LogP contribution in [0.15, 0.2) is 24.3 Å². The van der Waals surface area contributed by atoms with Crippen molar-refractivity contribution in [2.24, 2.45) is 5.73 Å². The topological polar surface area (TPSA) is 113 Å². The Morgan fingerprint density at radius 1 is 1.32 bits per heavy atom. The highest BCUT2D eigenvalue weighted by molar-refractivity contribution is 5.96. The van der Waals surface area contributed by atoms with E-state index >= 15 is 0 Å². The second-order valence-electron chi connectivity index (χ2n) is 6.76. The molecule has 0 atom stereocenters. The number of hydrogen-bond donors (Lipinski definition) is 3. The second kappa shape index (κ2) is 9.68. The quantitative estimate of drug-likeness (QED) is 0.427. The third kappa shape index (κ3) is 5.18. The Balaban J connectivity index is 2.40. The Morgan fingerprint density at radius 2 is 2.07 bits per heavy atom. The molecule has 0 unspecified atom stereocenters. The Bertz CT molecular complexity index is 837. The molecule has 2 aromatic rings. The lowest BCUT2D eigenvalue weighted by Crippen LogP contribution is -2.29. The number of carbonyl (C=O) groups is 2. The fraction of sp³-hybridized carbons (Fsp3) is 0.400.